The van der Waals surface area contributed by atoms with Crippen molar-refractivity contribution in [3.8, 4) is 17.1 Å². The number of nitrogens with zero attached hydrogens (tertiary/aromatic N) is 3. The highest BCUT2D eigenvalue weighted by atomic mass is 16.5. The molecular formula is C29H33N3O5. The molecule has 1 N–H and O–H groups in total. The van der Waals surface area contributed by atoms with Gasteiger partial charge in [-0.25, -0.2) is 9.78 Å². The quantitative estimate of drug-likeness (QED) is 0.369. The fourth-order valence-corrected chi connectivity index (χ4v) is 5.43. The Morgan fingerprint density at radius 1 is 1.27 bits per heavy atom. The molecule has 194 valence electrons. The van der Waals surface area contributed by atoms with Crippen LogP contribution >= 0.6 is 0 Å². The van der Waals surface area contributed by atoms with Gasteiger partial charge in [0.25, 0.3) is 0 Å². The molecule has 8 heteroatoms. The summed E-state index contributed by atoms with van der Waals surface area (Å²) in [6.45, 7) is 8.20. The molecule has 37 heavy (non-hydrogen) atoms. The Bertz CT molecular complexity index is 1550. The largest absolute Gasteiger partial charge is 0.507 e. The monoisotopic (exact) mass is 503 g/mol. The van der Waals surface area contributed by atoms with Crippen LogP contribution in [0.15, 0.2) is 39.5 Å². The normalized spacial score (nSPS) is 16.5. The Morgan fingerprint density at radius 2 is 2.05 bits per heavy atom. The summed E-state index contributed by atoms with van der Waals surface area (Å²) >= 11 is 0. The van der Waals surface area contributed by atoms with Crippen molar-refractivity contribution >= 4 is 28.0 Å². The number of piperidine rings is 1. The molecule has 3 heterocycles. The summed E-state index contributed by atoms with van der Waals surface area (Å²) < 4.78 is 13.3. The second-order valence-corrected chi connectivity index (χ2v) is 9.91. The SMILES string of the molecule is CCOC(=O)c1oc2c(CN3CCC[C@H](C)C3)c(O)c(CC)cc2c(=O)c1-c1nc2ccccc2n1C. The fraction of sp³-hybridized carbons (Fsp3) is 0.414. The van der Waals surface area contributed by atoms with Crippen molar-refractivity contribution in [2.75, 3.05) is 19.7 Å². The zero-order valence-corrected chi connectivity index (χ0v) is 21.8. The van der Waals surface area contributed by atoms with Gasteiger partial charge in [-0.2, -0.15) is 0 Å². The third kappa shape index (κ3) is 4.39. The number of carbonyl (C=O) groups is 1. The number of aryl methyl sites for hydroxylation is 2. The van der Waals surface area contributed by atoms with Crippen LogP contribution in [-0.2, 0) is 24.8 Å². The molecule has 0 aliphatic carbocycles. The van der Waals surface area contributed by atoms with Gasteiger partial charge in [-0.3, -0.25) is 9.69 Å². The maximum Gasteiger partial charge on any atom is 0.375 e. The molecule has 1 aliphatic heterocycles. The van der Waals surface area contributed by atoms with E-state index in [-0.39, 0.29) is 34.7 Å². The molecule has 8 nitrogen and oxygen atoms in total. The van der Waals surface area contributed by atoms with Crippen molar-refractivity contribution in [1.29, 1.82) is 0 Å². The highest BCUT2D eigenvalue weighted by molar-refractivity contribution is 5.98. The molecule has 4 aromatic rings. The van der Waals surface area contributed by atoms with Crippen molar-refractivity contribution in [2.45, 2.75) is 46.6 Å². The highest BCUT2D eigenvalue weighted by Crippen LogP contribution is 2.36. The van der Waals surface area contributed by atoms with Gasteiger partial charge in [-0.1, -0.05) is 26.0 Å². The maximum absolute atomic E-state index is 14.1. The Balaban J connectivity index is 1.80. The maximum atomic E-state index is 14.1. The lowest BCUT2D eigenvalue weighted by atomic mass is 9.97. The molecule has 0 spiro atoms. The van der Waals surface area contributed by atoms with E-state index in [0.717, 1.165) is 25.0 Å². The lowest BCUT2D eigenvalue weighted by Crippen LogP contribution is -2.34. The van der Waals surface area contributed by atoms with Gasteiger partial charge in [-0.05, 0) is 62.4 Å². The lowest BCUT2D eigenvalue weighted by molar-refractivity contribution is 0.0491. The number of likely N-dealkylation sites (tertiary alicyclic amines) is 1. The molecule has 1 fully saturated rings. The molecule has 0 radical (unpaired) electrons. The zero-order valence-electron chi connectivity index (χ0n) is 21.8. The summed E-state index contributed by atoms with van der Waals surface area (Å²) in [4.78, 5) is 34.2. The van der Waals surface area contributed by atoms with E-state index in [9.17, 15) is 14.7 Å². The smallest absolute Gasteiger partial charge is 0.375 e. The molecule has 2 aromatic heterocycles. The van der Waals surface area contributed by atoms with Crippen LogP contribution in [0, 0.1) is 5.92 Å². The van der Waals surface area contributed by atoms with E-state index in [1.807, 2.05) is 31.2 Å². The van der Waals surface area contributed by atoms with Crippen molar-refractivity contribution < 1.29 is 19.1 Å². The summed E-state index contributed by atoms with van der Waals surface area (Å²) in [5.41, 5.74) is 2.65. The third-order valence-electron chi connectivity index (χ3n) is 7.31. The standard InChI is InChI=1S/C29H33N3O5/c1-5-18-14-19-25(34)23(28-30-21-11-7-8-12-22(21)31(28)4)27(29(35)36-6-2)37-26(19)20(24(18)33)16-32-13-9-10-17(3)15-32/h7-8,11-12,14,17,33H,5-6,9-10,13,15-16H2,1-4H3/t17-/m0/s1. The van der Waals surface area contributed by atoms with E-state index < -0.39 is 5.97 Å². The van der Waals surface area contributed by atoms with Gasteiger partial charge in [-0.15, -0.1) is 0 Å². The van der Waals surface area contributed by atoms with Gasteiger partial charge in [0.1, 0.15) is 22.7 Å². The van der Waals surface area contributed by atoms with Gasteiger partial charge in [0.2, 0.25) is 11.2 Å². The Kier molecular flexibility index (Phi) is 6.77. The summed E-state index contributed by atoms with van der Waals surface area (Å²) in [5, 5.41) is 11.5. The Morgan fingerprint density at radius 3 is 2.76 bits per heavy atom. The number of aromatic nitrogens is 2. The minimum absolute atomic E-state index is 0.0648. The third-order valence-corrected chi connectivity index (χ3v) is 7.31. The van der Waals surface area contributed by atoms with Crippen LogP contribution in [0.3, 0.4) is 0 Å². The van der Waals surface area contributed by atoms with Gasteiger partial charge >= 0.3 is 5.97 Å². The first-order valence-electron chi connectivity index (χ1n) is 13.0. The number of hydrogen-bond acceptors (Lipinski definition) is 7. The molecule has 0 bridgehead atoms. The van der Waals surface area contributed by atoms with Crippen LogP contribution in [0.25, 0.3) is 33.4 Å². The van der Waals surface area contributed by atoms with Gasteiger partial charge < -0.3 is 18.8 Å². The van der Waals surface area contributed by atoms with E-state index in [2.05, 4.69) is 16.8 Å². The summed E-state index contributed by atoms with van der Waals surface area (Å²) in [6.07, 6.45) is 2.79. The van der Waals surface area contributed by atoms with E-state index in [4.69, 9.17) is 9.15 Å². The Hall–Kier alpha value is -3.65. The van der Waals surface area contributed by atoms with Crippen LogP contribution in [-0.4, -0.2) is 45.2 Å². The molecule has 0 amide bonds. The molecule has 1 saturated heterocycles. The van der Waals surface area contributed by atoms with Crippen LogP contribution in [0.2, 0.25) is 0 Å². The summed E-state index contributed by atoms with van der Waals surface area (Å²) in [5.74, 6) is 0.0525. The van der Waals surface area contributed by atoms with Crippen molar-refractivity contribution in [3.05, 3.63) is 57.4 Å². The second-order valence-electron chi connectivity index (χ2n) is 9.91. The second kappa shape index (κ2) is 10.0. The number of hydrogen-bond donors (Lipinski definition) is 1. The summed E-state index contributed by atoms with van der Waals surface area (Å²) in [6, 6.07) is 9.21. The van der Waals surface area contributed by atoms with E-state index >= 15 is 0 Å². The number of imidazole rings is 1. The van der Waals surface area contributed by atoms with Crippen LogP contribution in [0.4, 0.5) is 0 Å². The molecule has 1 atom stereocenters. The number of phenols is 1. The van der Waals surface area contributed by atoms with Crippen LogP contribution < -0.4 is 5.43 Å². The minimum atomic E-state index is -0.736. The van der Waals surface area contributed by atoms with E-state index in [1.165, 1.54) is 6.42 Å². The molecule has 0 unspecified atom stereocenters. The molecular weight excluding hydrogens is 470 g/mol. The first kappa shape index (κ1) is 25.0. The van der Waals surface area contributed by atoms with E-state index in [0.29, 0.717) is 46.7 Å². The number of esters is 1. The average molecular weight is 504 g/mol. The first-order valence-corrected chi connectivity index (χ1v) is 13.0. The van der Waals surface area contributed by atoms with Crippen molar-refractivity contribution in [1.82, 2.24) is 14.5 Å². The van der Waals surface area contributed by atoms with Crippen molar-refractivity contribution in [3.63, 3.8) is 0 Å². The zero-order chi connectivity index (χ0) is 26.3. The van der Waals surface area contributed by atoms with E-state index in [1.54, 1.807) is 24.6 Å². The number of aromatic hydroxyl groups is 1. The molecule has 2 aromatic carbocycles. The van der Waals surface area contributed by atoms with Gasteiger partial charge in [0.05, 0.1) is 28.6 Å². The summed E-state index contributed by atoms with van der Waals surface area (Å²) in [7, 11) is 1.81. The fourth-order valence-electron chi connectivity index (χ4n) is 5.43. The molecule has 0 saturated carbocycles. The molecule has 5 rings (SSSR count). The predicted molar refractivity (Wildman–Crippen MR) is 143 cm³/mol. The number of para-hydroxylation sites is 2. The number of phenolic OH excluding ortho intramolecular Hbond substituents is 1. The van der Waals surface area contributed by atoms with Crippen molar-refractivity contribution in [2.24, 2.45) is 13.0 Å². The number of fused-ring (bicyclic) bond motifs is 2. The minimum Gasteiger partial charge on any atom is -0.507 e. The topological polar surface area (TPSA) is 97.8 Å². The van der Waals surface area contributed by atoms with Gasteiger partial charge in [0, 0.05) is 20.1 Å². The number of carbonyl (C=O) groups excluding carboxylic acids is 1. The molecule has 1 aliphatic rings. The highest BCUT2D eigenvalue weighted by Gasteiger charge is 2.29. The number of ether oxygens (including phenoxy) is 1. The first-order chi connectivity index (χ1) is 17.8. The van der Waals surface area contributed by atoms with Crippen LogP contribution in [0.5, 0.6) is 5.75 Å². The predicted octanol–water partition coefficient (Wildman–Crippen LogP) is 5.02. The lowest BCUT2D eigenvalue weighted by Gasteiger charge is -2.31. The van der Waals surface area contributed by atoms with Gasteiger partial charge in [0.15, 0.2) is 0 Å². The average Bonchev–Trinajstić information content (AvgIpc) is 3.21. The number of benzene rings is 2. The van der Waals surface area contributed by atoms with Crippen LogP contribution in [0.1, 0.15) is 55.3 Å². The number of rotatable bonds is 6. The Labute approximate surface area is 215 Å².